The lowest BCUT2D eigenvalue weighted by atomic mass is 10.1. The Morgan fingerprint density at radius 3 is 2.70 bits per heavy atom. The zero-order chi connectivity index (χ0) is 14.4. The highest BCUT2D eigenvalue weighted by Crippen LogP contribution is 2.22. The second kappa shape index (κ2) is 6.88. The van der Waals surface area contributed by atoms with Crippen LogP contribution in [0.4, 0.5) is 5.69 Å². The third-order valence-corrected chi connectivity index (χ3v) is 3.47. The lowest BCUT2D eigenvalue weighted by Crippen LogP contribution is -2.28. The number of nitriles is 1. The monoisotopic (exact) mass is 268 g/mol. The van der Waals surface area contributed by atoms with Crippen molar-refractivity contribution in [2.75, 3.05) is 31.5 Å². The number of benzene rings is 1. The molecule has 0 amide bonds. The summed E-state index contributed by atoms with van der Waals surface area (Å²) in [6.45, 7) is 8.29. The Hall–Kier alpha value is -2.12. The van der Waals surface area contributed by atoms with Gasteiger partial charge in [-0.15, -0.1) is 0 Å². The lowest BCUT2D eigenvalue weighted by molar-refractivity contribution is 0.316. The summed E-state index contributed by atoms with van der Waals surface area (Å²) in [4.78, 5) is 6.68. The van der Waals surface area contributed by atoms with Gasteiger partial charge in [-0.2, -0.15) is 5.26 Å². The molecule has 0 radical (unpaired) electrons. The van der Waals surface area contributed by atoms with Crippen LogP contribution in [0, 0.1) is 11.3 Å². The van der Waals surface area contributed by atoms with Gasteiger partial charge in [-0.1, -0.05) is 32.0 Å². The number of hydrogen-bond acceptors (Lipinski definition) is 4. The molecule has 0 aliphatic heterocycles. The predicted octanol–water partition coefficient (Wildman–Crippen LogP) is 2.86. The minimum absolute atomic E-state index is 0.453. The Morgan fingerprint density at radius 2 is 2.00 bits per heavy atom. The molecule has 0 saturated carbocycles. The van der Waals surface area contributed by atoms with Crippen molar-refractivity contribution in [3.8, 4) is 6.07 Å². The van der Waals surface area contributed by atoms with Crippen LogP contribution in [0.5, 0.6) is 0 Å². The van der Waals surface area contributed by atoms with E-state index >= 15 is 0 Å². The summed E-state index contributed by atoms with van der Waals surface area (Å²) in [5, 5.41) is 13.6. The summed E-state index contributed by atoms with van der Waals surface area (Å²) in [7, 11) is 0. The van der Waals surface area contributed by atoms with E-state index in [2.05, 4.69) is 35.1 Å². The SMILES string of the molecule is CCN(CC)CCNc1cc(C#N)nc2ccccc12. The van der Waals surface area contributed by atoms with Crippen molar-refractivity contribution < 1.29 is 0 Å². The standard InChI is InChI=1S/C16H20N4/c1-3-20(4-2)10-9-18-16-11-13(12-17)19-15-8-6-5-7-14(15)16/h5-8,11H,3-4,9-10H2,1-2H3,(H,18,19). The number of aromatic nitrogens is 1. The molecule has 1 heterocycles. The molecule has 0 spiro atoms. The van der Waals surface area contributed by atoms with Crippen LogP contribution >= 0.6 is 0 Å². The first-order valence-electron chi connectivity index (χ1n) is 7.04. The number of hydrogen-bond donors (Lipinski definition) is 1. The highest BCUT2D eigenvalue weighted by molar-refractivity contribution is 5.91. The maximum Gasteiger partial charge on any atom is 0.143 e. The van der Waals surface area contributed by atoms with Crippen LogP contribution < -0.4 is 5.32 Å². The van der Waals surface area contributed by atoms with Gasteiger partial charge >= 0.3 is 0 Å². The summed E-state index contributed by atoms with van der Waals surface area (Å²) in [6, 6.07) is 11.8. The predicted molar refractivity (Wildman–Crippen MR) is 82.7 cm³/mol. The lowest BCUT2D eigenvalue weighted by Gasteiger charge is -2.19. The van der Waals surface area contributed by atoms with Gasteiger partial charge < -0.3 is 10.2 Å². The first kappa shape index (κ1) is 14.3. The van der Waals surface area contributed by atoms with E-state index in [-0.39, 0.29) is 0 Å². The molecule has 2 aromatic rings. The Bertz CT molecular complexity index is 611. The van der Waals surface area contributed by atoms with Gasteiger partial charge in [-0.3, -0.25) is 0 Å². The number of pyridine rings is 1. The van der Waals surface area contributed by atoms with E-state index in [0.29, 0.717) is 5.69 Å². The van der Waals surface area contributed by atoms with E-state index in [0.717, 1.165) is 42.8 Å². The van der Waals surface area contributed by atoms with E-state index in [9.17, 15) is 0 Å². The van der Waals surface area contributed by atoms with Gasteiger partial charge in [0.2, 0.25) is 0 Å². The van der Waals surface area contributed by atoms with Crippen LogP contribution in [0.25, 0.3) is 10.9 Å². The smallest absolute Gasteiger partial charge is 0.143 e. The van der Waals surface area contributed by atoms with Gasteiger partial charge in [-0.25, -0.2) is 4.98 Å². The molecular weight excluding hydrogens is 248 g/mol. The molecule has 1 aromatic carbocycles. The van der Waals surface area contributed by atoms with Gasteiger partial charge in [0, 0.05) is 24.2 Å². The molecule has 104 valence electrons. The third kappa shape index (κ3) is 3.25. The summed E-state index contributed by atoms with van der Waals surface area (Å²) < 4.78 is 0. The molecule has 0 bridgehead atoms. The largest absolute Gasteiger partial charge is 0.383 e. The molecule has 0 unspecified atom stereocenters. The van der Waals surface area contributed by atoms with Crippen molar-refractivity contribution in [1.82, 2.24) is 9.88 Å². The minimum atomic E-state index is 0.453. The van der Waals surface area contributed by atoms with Crippen LogP contribution in [-0.2, 0) is 0 Å². The van der Waals surface area contributed by atoms with Crippen LogP contribution in [-0.4, -0.2) is 36.1 Å². The Balaban J connectivity index is 2.18. The summed E-state index contributed by atoms with van der Waals surface area (Å²) in [6.07, 6.45) is 0. The van der Waals surface area contributed by atoms with Gasteiger partial charge in [0.05, 0.1) is 5.52 Å². The number of fused-ring (bicyclic) bond motifs is 1. The van der Waals surface area contributed by atoms with E-state index in [1.54, 1.807) is 0 Å². The van der Waals surface area contributed by atoms with E-state index in [1.165, 1.54) is 0 Å². The quantitative estimate of drug-likeness (QED) is 0.875. The molecule has 4 heteroatoms. The van der Waals surface area contributed by atoms with Gasteiger partial charge in [0.1, 0.15) is 11.8 Å². The van der Waals surface area contributed by atoms with Crippen molar-refractivity contribution in [2.24, 2.45) is 0 Å². The first-order chi connectivity index (χ1) is 9.78. The van der Waals surface area contributed by atoms with E-state index in [4.69, 9.17) is 5.26 Å². The maximum absolute atomic E-state index is 9.06. The van der Waals surface area contributed by atoms with Crippen molar-refractivity contribution in [3.05, 3.63) is 36.0 Å². The molecule has 1 aromatic heterocycles. The van der Waals surface area contributed by atoms with E-state index in [1.807, 2.05) is 30.3 Å². The highest BCUT2D eigenvalue weighted by atomic mass is 15.1. The average Bonchev–Trinajstić information content (AvgIpc) is 2.51. The minimum Gasteiger partial charge on any atom is -0.383 e. The fraction of sp³-hybridized carbons (Fsp3) is 0.375. The molecule has 0 atom stereocenters. The zero-order valence-electron chi connectivity index (χ0n) is 12.1. The number of anilines is 1. The summed E-state index contributed by atoms with van der Waals surface area (Å²) in [5.41, 5.74) is 2.30. The molecule has 2 rings (SSSR count). The van der Waals surface area contributed by atoms with Gasteiger partial charge in [0.15, 0.2) is 0 Å². The topological polar surface area (TPSA) is 52.0 Å². The fourth-order valence-electron chi connectivity index (χ4n) is 2.27. The van der Waals surface area contributed by atoms with E-state index < -0.39 is 0 Å². The number of nitrogens with one attached hydrogen (secondary N) is 1. The molecular formula is C16H20N4. The average molecular weight is 268 g/mol. The molecule has 0 fully saturated rings. The number of para-hydroxylation sites is 1. The van der Waals surface area contributed by atoms with Crippen LogP contribution in [0.15, 0.2) is 30.3 Å². The molecule has 0 aliphatic rings. The summed E-state index contributed by atoms with van der Waals surface area (Å²) in [5.74, 6) is 0. The second-order valence-electron chi connectivity index (χ2n) is 4.64. The van der Waals surface area contributed by atoms with Gasteiger partial charge in [0.25, 0.3) is 0 Å². The zero-order valence-corrected chi connectivity index (χ0v) is 12.1. The van der Waals surface area contributed by atoms with Crippen molar-refractivity contribution in [1.29, 1.82) is 5.26 Å². The Morgan fingerprint density at radius 1 is 1.25 bits per heavy atom. The second-order valence-corrected chi connectivity index (χ2v) is 4.64. The molecule has 1 N–H and O–H groups in total. The van der Waals surface area contributed by atoms with Crippen molar-refractivity contribution in [2.45, 2.75) is 13.8 Å². The normalized spacial score (nSPS) is 10.7. The number of likely N-dealkylation sites (N-methyl/N-ethyl adjacent to an activating group) is 1. The molecule has 4 nitrogen and oxygen atoms in total. The van der Waals surface area contributed by atoms with Crippen molar-refractivity contribution >= 4 is 16.6 Å². The number of rotatable bonds is 6. The van der Waals surface area contributed by atoms with Crippen LogP contribution in [0.2, 0.25) is 0 Å². The Kier molecular flexibility index (Phi) is 4.91. The van der Waals surface area contributed by atoms with Crippen LogP contribution in [0.1, 0.15) is 19.5 Å². The van der Waals surface area contributed by atoms with Crippen molar-refractivity contribution in [3.63, 3.8) is 0 Å². The fourth-order valence-corrected chi connectivity index (χ4v) is 2.27. The molecule has 20 heavy (non-hydrogen) atoms. The first-order valence-corrected chi connectivity index (χ1v) is 7.04. The highest BCUT2D eigenvalue weighted by Gasteiger charge is 2.05. The van der Waals surface area contributed by atoms with Crippen LogP contribution in [0.3, 0.4) is 0 Å². The van der Waals surface area contributed by atoms with Gasteiger partial charge in [-0.05, 0) is 25.2 Å². The third-order valence-electron chi connectivity index (χ3n) is 3.47. The number of nitrogens with zero attached hydrogens (tertiary/aromatic N) is 3. The summed E-state index contributed by atoms with van der Waals surface area (Å²) >= 11 is 0. The molecule has 0 aliphatic carbocycles. The Labute approximate surface area is 120 Å². The maximum atomic E-state index is 9.06. The molecule has 0 saturated heterocycles.